The molecular weight excluding hydrogens is 212 g/mol. The Morgan fingerprint density at radius 2 is 2.29 bits per heavy atom. The number of hydrogen-bond acceptors (Lipinski definition) is 3. The molecule has 0 spiro atoms. The molecule has 2 aliphatic rings. The maximum Gasteiger partial charge on any atom is 0.0597 e. The Kier molecular flexibility index (Phi) is 2.92. The van der Waals surface area contributed by atoms with Gasteiger partial charge in [0, 0.05) is 39.3 Å². The SMILES string of the molecule is Cc1cc(CN2CCNC(C3CC3)C2)n(C)n1. The quantitative estimate of drug-likeness (QED) is 0.844. The van der Waals surface area contributed by atoms with Gasteiger partial charge in [0.05, 0.1) is 11.4 Å². The van der Waals surface area contributed by atoms with E-state index in [2.05, 4.69) is 28.3 Å². The smallest absolute Gasteiger partial charge is 0.0597 e. The summed E-state index contributed by atoms with van der Waals surface area (Å²) >= 11 is 0. The first-order valence-corrected chi connectivity index (χ1v) is 6.67. The number of aryl methyl sites for hydroxylation is 2. The van der Waals surface area contributed by atoms with Gasteiger partial charge in [-0.2, -0.15) is 5.10 Å². The van der Waals surface area contributed by atoms with E-state index in [0.717, 1.165) is 37.3 Å². The van der Waals surface area contributed by atoms with Gasteiger partial charge in [-0.1, -0.05) is 0 Å². The summed E-state index contributed by atoms with van der Waals surface area (Å²) in [5.41, 5.74) is 2.45. The van der Waals surface area contributed by atoms with Crippen molar-refractivity contribution in [1.82, 2.24) is 20.0 Å². The second kappa shape index (κ2) is 4.42. The summed E-state index contributed by atoms with van der Waals surface area (Å²) < 4.78 is 2.02. The van der Waals surface area contributed by atoms with Crippen LogP contribution in [0.3, 0.4) is 0 Å². The summed E-state index contributed by atoms with van der Waals surface area (Å²) in [5, 5.41) is 8.07. The molecule has 1 saturated heterocycles. The van der Waals surface area contributed by atoms with Crippen LogP contribution in [0.25, 0.3) is 0 Å². The normalized spacial score (nSPS) is 26.4. The van der Waals surface area contributed by atoms with Gasteiger partial charge in [0.1, 0.15) is 0 Å². The molecule has 1 unspecified atom stereocenters. The average molecular weight is 234 g/mol. The molecular formula is C13H22N4. The Morgan fingerprint density at radius 3 is 2.94 bits per heavy atom. The van der Waals surface area contributed by atoms with Gasteiger partial charge in [-0.15, -0.1) is 0 Å². The fourth-order valence-corrected chi connectivity index (χ4v) is 2.84. The zero-order valence-corrected chi connectivity index (χ0v) is 10.8. The first-order valence-electron chi connectivity index (χ1n) is 6.67. The molecule has 2 heterocycles. The predicted octanol–water partition coefficient (Wildman–Crippen LogP) is 0.912. The van der Waals surface area contributed by atoms with Crippen LogP contribution >= 0.6 is 0 Å². The third kappa shape index (κ3) is 2.53. The van der Waals surface area contributed by atoms with E-state index in [-0.39, 0.29) is 0 Å². The van der Waals surface area contributed by atoms with E-state index in [1.54, 1.807) is 0 Å². The van der Waals surface area contributed by atoms with Crippen LogP contribution in [-0.2, 0) is 13.6 Å². The number of nitrogens with one attached hydrogen (secondary N) is 1. The molecule has 3 rings (SSSR count). The molecule has 0 radical (unpaired) electrons. The van der Waals surface area contributed by atoms with Crippen LogP contribution in [0.4, 0.5) is 0 Å². The van der Waals surface area contributed by atoms with E-state index in [1.807, 2.05) is 11.7 Å². The monoisotopic (exact) mass is 234 g/mol. The van der Waals surface area contributed by atoms with Gasteiger partial charge < -0.3 is 5.32 Å². The van der Waals surface area contributed by atoms with Crippen molar-refractivity contribution in [2.45, 2.75) is 32.4 Å². The predicted molar refractivity (Wildman–Crippen MR) is 67.7 cm³/mol. The van der Waals surface area contributed by atoms with Crippen molar-refractivity contribution >= 4 is 0 Å². The summed E-state index contributed by atoms with van der Waals surface area (Å²) in [7, 11) is 2.04. The highest BCUT2D eigenvalue weighted by Gasteiger charge is 2.33. The van der Waals surface area contributed by atoms with Gasteiger partial charge in [-0.05, 0) is 31.7 Å². The van der Waals surface area contributed by atoms with Crippen LogP contribution < -0.4 is 5.32 Å². The highest BCUT2D eigenvalue weighted by molar-refractivity contribution is 5.08. The van der Waals surface area contributed by atoms with Crippen LogP contribution in [0.2, 0.25) is 0 Å². The van der Waals surface area contributed by atoms with Gasteiger partial charge >= 0.3 is 0 Å². The Morgan fingerprint density at radius 1 is 1.47 bits per heavy atom. The van der Waals surface area contributed by atoms with Crippen LogP contribution in [0, 0.1) is 12.8 Å². The molecule has 0 amide bonds. The van der Waals surface area contributed by atoms with Crippen LogP contribution in [-0.4, -0.2) is 40.4 Å². The molecule has 1 N–H and O–H groups in total. The number of aromatic nitrogens is 2. The van der Waals surface area contributed by atoms with Gasteiger partial charge in [-0.25, -0.2) is 0 Å². The minimum Gasteiger partial charge on any atom is -0.311 e. The van der Waals surface area contributed by atoms with E-state index < -0.39 is 0 Å². The maximum atomic E-state index is 4.42. The summed E-state index contributed by atoms with van der Waals surface area (Å²) in [6.45, 7) is 6.61. The van der Waals surface area contributed by atoms with Crippen LogP contribution in [0.5, 0.6) is 0 Å². The summed E-state index contributed by atoms with van der Waals surface area (Å²) in [6.07, 6.45) is 2.85. The van der Waals surface area contributed by atoms with Gasteiger partial charge in [0.15, 0.2) is 0 Å². The molecule has 2 fully saturated rings. The first-order chi connectivity index (χ1) is 8.22. The van der Waals surface area contributed by atoms with E-state index in [0.29, 0.717) is 0 Å². The molecule has 4 heteroatoms. The second-order valence-electron chi connectivity index (χ2n) is 5.53. The lowest BCUT2D eigenvalue weighted by Crippen LogP contribution is -2.51. The minimum absolute atomic E-state index is 0.734. The van der Waals surface area contributed by atoms with E-state index >= 15 is 0 Å². The standard InChI is InChI=1S/C13H22N4/c1-10-7-12(16(2)15-10)8-17-6-5-14-13(9-17)11-3-4-11/h7,11,13-14H,3-6,8-9H2,1-2H3. The van der Waals surface area contributed by atoms with Crippen molar-refractivity contribution < 1.29 is 0 Å². The van der Waals surface area contributed by atoms with Crippen molar-refractivity contribution in [2.24, 2.45) is 13.0 Å². The zero-order chi connectivity index (χ0) is 11.8. The molecule has 1 atom stereocenters. The molecule has 1 aliphatic heterocycles. The number of nitrogens with zero attached hydrogens (tertiary/aromatic N) is 3. The van der Waals surface area contributed by atoms with E-state index in [1.165, 1.54) is 25.1 Å². The molecule has 0 aromatic carbocycles. The molecule has 1 aliphatic carbocycles. The molecule has 0 bridgehead atoms. The minimum atomic E-state index is 0.734. The van der Waals surface area contributed by atoms with E-state index in [9.17, 15) is 0 Å². The van der Waals surface area contributed by atoms with Crippen LogP contribution in [0.15, 0.2) is 6.07 Å². The molecule has 4 nitrogen and oxygen atoms in total. The molecule has 17 heavy (non-hydrogen) atoms. The number of piperazine rings is 1. The van der Waals surface area contributed by atoms with Gasteiger partial charge in [0.25, 0.3) is 0 Å². The Labute approximate surface area is 103 Å². The summed E-state index contributed by atoms with van der Waals surface area (Å²) in [4.78, 5) is 2.57. The average Bonchev–Trinajstić information content (AvgIpc) is 3.08. The molecule has 1 aromatic rings. The summed E-state index contributed by atoms with van der Waals surface area (Å²) in [6, 6.07) is 2.94. The fraction of sp³-hybridized carbons (Fsp3) is 0.769. The lowest BCUT2D eigenvalue weighted by atomic mass is 10.1. The lowest BCUT2D eigenvalue weighted by Gasteiger charge is -2.33. The maximum absolute atomic E-state index is 4.42. The third-order valence-corrected chi connectivity index (χ3v) is 3.96. The van der Waals surface area contributed by atoms with Gasteiger partial charge in [0.2, 0.25) is 0 Å². The topological polar surface area (TPSA) is 33.1 Å². The van der Waals surface area contributed by atoms with E-state index in [4.69, 9.17) is 0 Å². The number of hydrogen-bond donors (Lipinski definition) is 1. The van der Waals surface area contributed by atoms with Gasteiger partial charge in [-0.3, -0.25) is 9.58 Å². The Balaban J connectivity index is 1.62. The molecule has 1 saturated carbocycles. The third-order valence-electron chi connectivity index (χ3n) is 3.96. The van der Waals surface area contributed by atoms with Crippen molar-refractivity contribution in [2.75, 3.05) is 19.6 Å². The largest absolute Gasteiger partial charge is 0.311 e. The first kappa shape index (κ1) is 11.2. The molecule has 94 valence electrons. The zero-order valence-electron chi connectivity index (χ0n) is 10.8. The highest BCUT2D eigenvalue weighted by Crippen LogP contribution is 2.33. The second-order valence-corrected chi connectivity index (χ2v) is 5.53. The highest BCUT2D eigenvalue weighted by atomic mass is 15.3. The van der Waals surface area contributed by atoms with Crippen LogP contribution in [0.1, 0.15) is 24.2 Å². The Hall–Kier alpha value is -0.870. The summed E-state index contributed by atoms with van der Waals surface area (Å²) in [5.74, 6) is 0.950. The van der Waals surface area contributed by atoms with Crippen molar-refractivity contribution in [1.29, 1.82) is 0 Å². The number of rotatable bonds is 3. The molecule has 1 aromatic heterocycles. The lowest BCUT2D eigenvalue weighted by molar-refractivity contribution is 0.178. The fourth-order valence-electron chi connectivity index (χ4n) is 2.84. The van der Waals surface area contributed by atoms with Crippen molar-refractivity contribution in [3.05, 3.63) is 17.5 Å². The van der Waals surface area contributed by atoms with Crippen molar-refractivity contribution in [3.63, 3.8) is 0 Å². The van der Waals surface area contributed by atoms with Crippen molar-refractivity contribution in [3.8, 4) is 0 Å². The Bertz CT molecular complexity index is 394.